The van der Waals surface area contributed by atoms with Gasteiger partial charge in [0.2, 0.25) is 5.91 Å². The molecule has 6 heteroatoms. The van der Waals surface area contributed by atoms with Crippen LogP contribution in [0.5, 0.6) is 11.5 Å². The standard InChI is InChI=1S/C20H16N4O2/c25-19(13-24-12-11-21-14-24)23-16-6-8-17(9-7-16)26-18-5-1-3-15-4-2-10-22-20(15)18/h1-12,14H,13H2,(H,23,25). The number of carbonyl (C=O) groups is 1. The molecule has 0 atom stereocenters. The van der Waals surface area contributed by atoms with E-state index < -0.39 is 0 Å². The summed E-state index contributed by atoms with van der Waals surface area (Å²) in [5.74, 6) is 1.26. The van der Waals surface area contributed by atoms with Crippen LogP contribution in [0.4, 0.5) is 5.69 Å². The molecule has 1 amide bonds. The average molecular weight is 344 g/mol. The largest absolute Gasteiger partial charge is 0.455 e. The molecular weight excluding hydrogens is 328 g/mol. The van der Waals surface area contributed by atoms with Gasteiger partial charge in [-0.3, -0.25) is 9.78 Å². The van der Waals surface area contributed by atoms with Gasteiger partial charge >= 0.3 is 0 Å². The lowest BCUT2D eigenvalue weighted by atomic mass is 10.2. The van der Waals surface area contributed by atoms with E-state index in [0.717, 1.165) is 10.9 Å². The number of nitrogens with one attached hydrogen (secondary N) is 1. The van der Waals surface area contributed by atoms with Crippen molar-refractivity contribution in [1.29, 1.82) is 0 Å². The monoisotopic (exact) mass is 344 g/mol. The van der Waals surface area contributed by atoms with E-state index in [2.05, 4.69) is 15.3 Å². The minimum atomic E-state index is -0.116. The number of amides is 1. The molecule has 0 unspecified atom stereocenters. The average Bonchev–Trinajstić information content (AvgIpc) is 3.16. The molecule has 0 radical (unpaired) electrons. The molecule has 0 spiro atoms. The first kappa shape index (κ1) is 15.8. The summed E-state index contributed by atoms with van der Waals surface area (Å²) in [6.07, 6.45) is 6.74. The first-order chi connectivity index (χ1) is 12.8. The number of hydrogen-bond donors (Lipinski definition) is 1. The summed E-state index contributed by atoms with van der Waals surface area (Å²) in [7, 11) is 0. The summed E-state index contributed by atoms with van der Waals surface area (Å²) >= 11 is 0. The van der Waals surface area contributed by atoms with Gasteiger partial charge in [0.05, 0.1) is 6.33 Å². The SMILES string of the molecule is O=C(Cn1ccnc1)Nc1ccc(Oc2cccc3cccnc23)cc1. The minimum absolute atomic E-state index is 0.116. The number of pyridine rings is 1. The number of nitrogens with zero attached hydrogens (tertiary/aromatic N) is 3. The molecule has 4 aromatic rings. The summed E-state index contributed by atoms with van der Waals surface area (Å²) in [5, 5.41) is 3.87. The summed E-state index contributed by atoms with van der Waals surface area (Å²) in [6, 6.07) is 16.9. The lowest BCUT2D eigenvalue weighted by molar-refractivity contribution is -0.116. The predicted molar refractivity (Wildman–Crippen MR) is 99.1 cm³/mol. The van der Waals surface area contributed by atoms with Crippen LogP contribution >= 0.6 is 0 Å². The second-order valence-corrected chi connectivity index (χ2v) is 5.74. The van der Waals surface area contributed by atoms with E-state index in [0.29, 0.717) is 17.2 Å². The van der Waals surface area contributed by atoms with Gasteiger partial charge in [0.15, 0.2) is 5.75 Å². The van der Waals surface area contributed by atoms with Gasteiger partial charge < -0.3 is 14.6 Å². The Kier molecular flexibility index (Phi) is 4.30. The van der Waals surface area contributed by atoms with Crippen molar-refractivity contribution in [3.05, 3.63) is 79.5 Å². The number of para-hydroxylation sites is 1. The van der Waals surface area contributed by atoms with E-state index in [1.807, 2.05) is 42.5 Å². The Bertz CT molecular complexity index is 1020. The lowest BCUT2D eigenvalue weighted by Crippen LogP contribution is -2.17. The summed E-state index contributed by atoms with van der Waals surface area (Å²) in [4.78, 5) is 20.3. The zero-order valence-electron chi connectivity index (χ0n) is 13.9. The van der Waals surface area contributed by atoms with Gasteiger partial charge in [0.1, 0.15) is 17.8 Å². The van der Waals surface area contributed by atoms with Crippen molar-refractivity contribution in [3.8, 4) is 11.5 Å². The highest BCUT2D eigenvalue weighted by Gasteiger charge is 2.06. The van der Waals surface area contributed by atoms with Crippen molar-refractivity contribution in [1.82, 2.24) is 14.5 Å². The quantitative estimate of drug-likeness (QED) is 0.597. The van der Waals surface area contributed by atoms with Crippen molar-refractivity contribution >= 4 is 22.5 Å². The second kappa shape index (κ2) is 7.06. The molecule has 26 heavy (non-hydrogen) atoms. The molecule has 0 fully saturated rings. The van der Waals surface area contributed by atoms with Gasteiger partial charge in [-0.05, 0) is 36.4 Å². The van der Waals surface area contributed by atoms with E-state index in [-0.39, 0.29) is 12.5 Å². The fraction of sp³-hybridized carbons (Fsp3) is 0.0500. The van der Waals surface area contributed by atoms with Crippen LogP contribution in [0.25, 0.3) is 10.9 Å². The molecule has 0 saturated heterocycles. The Hall–Kier alpha value is -3.67. The number of benzene rings is 2. The minimum Gasteiger partial charge on any atom is -0.455 e. The van der Waals surface area contributed by atoms with Gasteiger partial charge in [-0.15, -0.1) is 0 Å². The summed E-state index contributed by atoms with van der Waals surface area (Å²) < 4.78 is 7.66. The number of aromatic nitrogens is 3. The number of imidazole rings is 1. The van der Waals surface area contributed by atoms with E-state index in [4.69, 9.17) is 4.74 Å². The molecule has 0 saturated carbocycles. The molecule has 1 N–H and O–H groups in total. The summed E-state index contributed by atoms with van der Waals surface area (Å²) in [5.41, 5.74) is 1.52. The number of ether oxygens (including phenoxy) is 1. The van der Waals surface area contributed by atoms with Crippen LogP contribution in [0.3, 0.4) is 0 Å². The molecule has 2 aromatic heterocycles. The topological polar surface area (TPSA) is 69.0 Å². The molecular formula is C20H16N4O2. The Balaban J connectivity index is 1.45. The van der Waals surface area contributed by atoms with Gasteiger partial charge in [0, 0.05) is 29.7 Å². The lowest BCUT2D eigenvalue weighted by Gasteiger charge is -2.10. The third-order valence-corrected chi connectivity index (χ3v) is 3.85. The Labute approximate surface area is 150 Å². The Morgan fingerprint density at radius 3 is 2.69 bits per heavy atom. The van der Waals surface area contributed by atoms with Gasteiger partial charge in [0.25, 0.3) is 0 Å². The number of carbonyl (C=O) groups excluding carboxylic acids is 1. The first-order valence-corrected chi connectivity index (χ1v) is 8.15. The van der Waals surface area contributed by atoms with Crippen molar-refractivity contribution in [2.45, 2.75) is 6.54 Å². The molecule has 0 aliphatic rings. The zero-order chi connectivity index (χ0) is 17.8. The fourth-order valence-corrected chi connectivity index (χ4v) is 2.64. The van der Waals surface area contributed by atoms with Crippen LogP contribution in [0, 0.1) is 0 Å². The Morgan fingerprint density at radius 2 is 1.88 bits per heavy atom. The predicted octanol–water partition coefficient (Wildman–Crippen LogP) is 3.86. The Morgan fingerprint density at radius 1 is 1.04 bits per heavy atom. The number of rotatable bonds is 5. The van der Waals surface area contributed by atoms with Crippen LogP contribution in [0.2, 0.25) is 0 Å². The number of fused-ring (bicyclic) bond motifs is 1. The smallest absolute Gasteiger partial charge is 0.244 e. The zero-order valence-corrected chi connectivity index (χ0v) is 13.9. The van der Waals surface area contributed by atoms with Crippen LogP contribution in [-0.4, -0.2) is 20.4 Å². The van der Waals surface area contributed by atoms with Crippen LogP contribution in [-0.2, 0) is 11.3 Å². The maximum absolute atomic E-state index is 12.0. The highest BCUT2D eigenvalue weighted by atomic mass is 16.5. The normalized spacial score (nSPS) is 10.6. The van der Waals surface area contributed by atoms with E-state index in [1.54, 1.807) is 41.6 Å². The van der Waals surface area contributed by atoms with Crippen molar-refractivity contribution < 1.29 is 9.53 Å². The third kappa shape index (κ3) is 3.54. The highest BCUT2D eigenvalue weighted by Crippen LogP contribution is 2.28. The molecule has 6 nitrogen and oxygen atoms in total. The van der Waals surface area contributed by atoms with E-state index >= 15 is 0 Å². The fourth-order valence-electron chi connectivity index (χ4n) is 2.64. The molecule has 0 aliphatic heterocycles. The van der Waals surface area contributed by atoms with Gasteiger partial charge in [-0.2, -0.15) is 0 Å². The molecule has 4 rings (SSSR count). The molecule has 0 aliphatic carbocycles. The molecule has 2 aromatic carbocycles. The van der Waals surface area contributed by atoms with Gasteiger partial charge in [-0.25, -0.2) is 4.98 Å². The van der Waals surface area contributed by atoms with Crippen molar-refractivity contribution in [3.63, 3.8) is 0 Å². The van der Waals surface area contributed by atoms with Gasteiger partial charge in [-0.1, -0.05) is 18.2 Å². The van der Waals surface area contributed by atoms with Crippen LogP contribution in [0.15, 0.2) is 79.5 Å². The van der Waals surface area contributed by atoms with E-state index in [9.17, 15) is 4.79 Å². The number of anilines is 1. The number of hydrogen-bond acceptors (Lipinski definition) is 4. The maximum atomic E-state index is 12.0. The van der Waals surface area contributed by atoms with Crippen molar-refractivity contribution in [2.24, 2.45) is 0 Å². The summed E-state index contributed by atoms with van der Waals surface area (Å²) in [6.45, 7) is 0.222. The molecule has 2 heterocycles. The van der Waals surface area contributed by atoms with Crippen LogP contribution in [0.1, 0.15) is 0 Å². The molecule has 128 valence electrons. The van der Waals surface area contributed by atoms with E-state index in [1.165, 1.54) is 0 Å². The van der Waals surface area contributed by atoms with Crippen molar-refractivity contribution in [2.75, 3.05) is 5.32 Å². The first-order valence-electron chi connectivity index (χ1n) is 8.15. The highest BCUT2D eigenvalue weighted by molar-refractivity contribution is 5.90. The third-order valence-electron chi connectivity index (χ3n) is 3.85. The maximum Gasteiger partial charge on any atom is 0.244 e. The van der Waals surface area contributed by atoms with Crippen LogP contribution < -0.4 is 10.1 Å². The molecule has 0 bridgehead atoms. The second-order valence-electron chi connectivity index (χ2n) is 5.74.